The number of thiophene rings is 1. The summed E-state index contributed by atoms with van der Waals surface area (Å²) in [6, 6.07) is 12.9. The summed E-state index contributed by atoms with van der Waals surface area (Å²) in [4.78, 5) is 14.5. The van der Waals surface area contributed by atoms with Crippen LogP contribution in [0.25, 0.3) is 6.08 Å². The third kappa shape index (κ3) is 1.94. The molecule has 2 heterocycles. The van der Waals surface area contributed by atoms with Crippen LogP contribution in [-0.2, 0) is 0 Å². The Hall–Kier alpha value is -2.38. The topological polar surface area (TPSA) is 44.1 Å². The van der Waals surface area contributed by atoms with Crippen LogP contribution in [0.1, 0.15) is 26.8 Å². The van der Waals surface area contributed by atoms with Gasteiger partial charge in [0.15, 0.2) is 0 Å². The molecule has 1 aromatic carbocycles. The van der Waals surface area contributed by atoms with Crippen molar-refractivity contribution >= 4 is 23.3 Å². The van der Waals surface area contributed by atoms with E-state index in [9.17, 15) is 10.1 Å². The number of fused-ring (bicyclic) bond motifs is 1. The van der Waals surface area contributed by atoms with Crippen LogP contribution < -0.4 is 0 Å². The molecule has 92 valence electrons. The van der Waals surface area contributed by atoms with Gasteiger partial charge in [-0.1, -0.05) is 30.3 Å². The largest absolute Gasteiger partial charge is 0.294 e. The van der Waals surface area contributed by atoms with Crippen LogP contribution in [0.5, 0.6) is 0 Å². The van der Waals surface area contributed by atoms with Crippen molar-refractivity contribution in [2.24, 2.45) is 0 Å². The van der Waals surface area contributed by atoms with Gasteiger partial charge in [0, 0.05) is 6.20 Å². The maximum Gasteiger partial charge on any atom is 0.269 e. The van der Waals surface area contributed by atoms with E-state index in [4.69, 9.17) is 0 Å². The van der Waals surface area contributed by atoms with E-state index in [0.717, 1.165) is 11.1 Å². The summed E-state index contributed by atoms with van der Waals surface area (Å²) < 4.78 is 0. The number of amides is 1. The quantitative estimate of drug-likeness (QED) is 0.793. The molecular weight excluding hydrogens is 256 g/mol. The highest BCUT2D eigenvalue weighted by Gasteiger charge is 2.28. The smallest absolute Gasteiger partial charge is 0.269 e. The molecule has 0 aliphatic carbocycles. The van der Waals surface area contributed by atoms with E-state index in [-0.39, 0.29) is 5.91 Å². The number of nitrogens with zero attached hydrogens (tertiary/aromatic N) is 2. The molecule has 19 heavy (non-hydrogen) atoms. The highest BCUT2D eigenvalue weighted by atomic mass is 32.1. The van der Waals surface area contributed by atoms with Gasteiger partial charge in [0.25, 0.3) is 5.91 Å². The second-order valence-corrected chi connectivity index (χ2v) is 5.11. The maximum atomic E-state index is 12.4. The van der Waals surface area contributed by atoms with Gasteiger partial charge in [-0.25, -0.2) is 0 Å². The fourth-order valence-electron chi connectivity index (χ4n) is 2.15. The molecule has 0 radical (unpaired) electrons. The van der Waals surface area contributed by atoms with Crippen molar-refractivity contribution in [3.05, 3.63) is 64.0 Å². The second-order valence-electron chi connectivity index (χ2n) is 4.17. The van der Waals surface area contributed by atoms with Crippen molar-refractivity contribution in [2.75, 3.05) is 0 Å². The van der Waals surface area contributed by atoms with E-state index in [1.54, 1.807) is 12.3 Å². The molecule has 4 heteroatoms. The third-order valence-corrected chi connectivity index (χ3v) is 3.93. The Bertz CT molecular complexity index is 682. The summed E-state index contributed by atoms with van der Waals surface area (Å²) in [6.45, 7) is 0. The van der Waals surface area contributed by atoms with Crippen molar-refractivity contribution in [2.45, 2.75) is 6.04 Å². The fourth-order valence-corrected chi connectivity index (χ4v) is 2.82. The van der Waals surface area contributed by atoms with Crippen LogP contribution in [0.3, 0.4) is 0 Å². The van der Waals surface area contributed by atoms with E-state index >= 15 is 0 Å². The molecule has 0 bridgehead atoms. The van der Waals surface area contributed by atoms with Crippen LogP contribution in [-0.4, -0.2) is 10.8 Å². The van der Waals surface area contributed by atoms with E-state index in [0.29, 0.717) is 4.88 Å². The van der Waals surface area contributed by atoms with Gasteiger partial charge in [-0.05, 0) is 28.6 Å². The molecule has 1 amide bonds. The van der Waals surface area contributed by atoms with Crippen molar-refractivity contribution < 1.29 is 4.79 Å². The minimum absolute atomic E-state index is 0.132. The van der Waals surface area contributed by atoms with Gasteiger partial charge < -0.3 is 0 Å². The monoisotopic (exact) mass is 266 g/mol. The lowest BCUT2D eigenvalue weighted by molar-refractivity contribution is 0.0799. The van der Waals surface area contributed by atoms with E-state index in [1.165, 1.54) is 16.2 Å². The number of nitriles is 1. The third-order valence-electron chi connectivity index (χ3n) is 3.07. The Morgan fingerprint density at radius 3 is 2.84 bits per heavy atom. The summed E-state index contributed by atoms with van der Waals surface area (Å²) in [5, 5.41) is 11.2. The molecule has 3 rings (SSSR count). The molecule has 0 saturated heterocycles. The molecule has 1 atom stereocenters. The second kappa shape index (κ2) is 4.71. The lowest BCUT2D eigenvalue weighted by atomic mass is 9.97. The fraction of sp³-hybridized carbons (Fsp3) is 0.0667. The number of rotatable bonds is 1. The standard InChI is InChI=1S/C15H10N2OS/c16-10-13-12-5-2-1-4-11(12)7-8-17(13)15(18)14-6-3-9-19-14/h1-9,13H. The Kier molecular flexibility index (Phi) is 2.90. The summed E-state index contributed by atoms with van der Waals surface area (Å²) in [7, 11) is 0. The van der Waals surface area contributed by atoms with Crippen molar-refractivity contribution in [3.63, 3.8) is 0 Å². The summed E-state index contributed by atoms with van der Waals surface area (Å²) >= 11 is 1.38. The molecule has 1 aliphatic rings. The maximum absolute atomic E-state index is 12.4. The molecule has 1 aromatic heterocycles. The Labute approximate surface area is 115 Å². The zero-order valence-electron chi connectivity index (χ0n) is 9.98. The first-order valence-electron chi connectivity index (χ1n) is 5.84. The van der Waals surface area contributed by atoms with Crippen LogP contribution in [0, 0.1) is 11.3 Å². The lowest BCUT2D eigenvalue weighted by Gasteiger charge is -2.28. The number of carbonyl (C=O) groups is 1. The number of hydrogen-bond acceptors (Lipinski definition) is 3. The van der Waals surface area contributed by atoms with Crippen LogP contribution in [0.4, 0.5) is 0 Å². The van der Waals surface area contributed by atoms with Gasteiger partial charge in [-0.3, -0.25) is 9.69 Å². The first-order chi connectivity index (χ1) is 9.31. The minimum atomic E-state index is -0.559. The average molecular weight is 266 g/mol. The van der Waals surface area contributed by atoms with Crippen molar-refractivity contribution in [3.8, 4) is 6.07 Å². The minimum Gasteiger partial charge on any atom is -0.294 e. The molecule has 2 aromatic rings. The number of carbonyl (C=O) groups excluding carboxylic acids is 1. The predicted molar refractivity (Wildman–Crippen MR) is 74.3 cm³/mol. The van der Waals surface area contributed by atoms with Crippen LogP contribution in [0.2, 0.25) is 0 Å². The van der Waals surface area contributed by atoms with Crippen molar-refractivity contribution in [1.82, 2.24) is 4.90 Å². The summed E-state index contributed by atoms with van der Waals surface area (Å²) in [5.74, 6) is -0.132. The molecule has 3 nitrogen and oxygen atoms in total. The van der Waals surface area contributed by atoms with Crippen molar-refractivity contribution in [1.29, 1.82) is 5.26 Å². The SMILES string of the molecule is N#CC1c2ccccc2C=CN1C(=O)c1cccs1. The van der Waals surface area contributed by atoms with Gasteiger partial charge in [-0.2, -0.15) is 5.26 Å². The molecular formula is C15H10N2OS. The molecule has 0 N–H and O–H groups in total. The first kappa shape index (κ1) is 11.7. The van der Waals surface area contributed by atoms with Gasteiger partial charge in [0.05, 0.1) is 10.9 Å². The summed E-state index contributed by atoms with van der Waals surface area (Å²) in [5.41, 5.74) is 1.86. The average Bonchev–Trinajstić information content (AvgIpc) is 2.99. The van der Waals surface area contributed by atoms with E-state index in [2.05, 4.69) is 6.07 Å². The Morgan fingerprint density at radius 2 is 2.11 bits per heavy atom. The molecule has 1 aliphatic heterocycles. The molecule has 0 saturated carbocycles. The molecule has 1 unspecified atom stereocenters. The van der Waals surface area contributed by atoms with Gasteiger partial charge in [0.1, 0.15) is 6.04 Å². The molecule has 0 spiro atoms. The zero-order valence-corrected chi connectivity index (χ0v) is 10.8. The highest BCUT2D eigenvalue weighted by molar-refractivity contribution is 7.12. The predicted octanol–water partition coefficient (Wildman–Crippen LogP) is 3.44. The lowest BCUT2D eigenvalue weighted by Crippen LogP contribution is -2.31. The van der Waals surface area contributed by atoms with Gasteiger partial charge in [0.2, 0.25) is 0 Å². The van der Waals surface area contributed by atoms with E-state index in [1.807, 2.05) is 41.8 Å². The number of hydrogen-bond donors (Lipinski definition) is 0. The molecule has 0 fully saturated rings. The van der Waals surface area contributed by atoms with E-state index < -0.39 is 6.04 Å². The first-order valence-corrected chi connectivity index (χ1v) is 6.72. The van der Waals surface area contributed by atoms with Crippen LogP contribution >= 0.6 is 11.3 Å². The zero-order chi connectivity index (χ0) is 13.2. The summed E-state index contributed by atoms with van der Waals surface area (Å²) in [6.07, 6.45) is 3.56. The normalized spacial score (nSPS) is 16.8. The number of benzene rings is 1. The van der Waals surface area contributed by atoms with Gasteiger partial charge >= 0.3 is 0 Å². The van der Waals surface area contributed by atoms with Crippen LogP contribution in [0.15, 0.2) is 48.0 Å². The Morgan fingerprint density at radius 1 is 1.26 bits per heavy atom. The van der Waals surface area contributed by atoms with Gasteiger partial charge in [-0.15, -0.1) is 11.3 Å². The Balaban J connectivity index is 2.02. The highest BCUT2D eigenvalue weighted by Crippen LogP contribution is 2.31.